The van der Waals surface area contributed by atoms with E-state index in [1.54, 1.807) is 11.3 Å². The van der Waals surface area contributed by atoms with Gasteiger partial charge in [0.1, 0.15) is 0 Å². The zero-order chi connectivity index (χ0) is 17.1. The van der Waals surface area contributed by atoms with Gasteiger partial charge < -0.3 is 15.1 Å². The van der Waals surface area contributed by atoms with Gasteiger partial charge in [0, 0.05) is 31.9 Å². The first-order chi connectivity index (χ1) is 12.3. The normalized spacial score (nSPS) is 23.2. The second-order valence-electron chi connectivity index (χ2n) is 7.03. The number of nitrogens with one attached hydrogen (secondary N) is 1. The fraction of sp³-hybridized carbons (Fsp3) is 0.450. The van der Waals surface area contributed by atoms with Gasteiger partial charge in [-0.25, -0.2) is 4.79 Å². The number of para-hydroxylation sites is 1. The van der Waals surface area contributed by atoms with E-state index in [0.717, 1.165) is 45.4 Å². The van der Waals surface area contributed by atoms with Crippen LogP contribution < -0.4 is 10.2 Å². The maximum Gasteiger partial charge on any atom is 0.317 e. The molecule has 2 fully saturated rings. The van der Waals surface area contributed by atoms with Crippen LogP contribution >= 0.6 is 11.3 Å². The van der Waals surface area contributed by atoms with Gasteiger partial charge >= 0.3 is 6.03 Å². The van der Waals surface area contributed by atoms with Gasteiger partial charge in [-0.15, -0.1) is 0 Å². The maximum atomic E-state index is 12.7. The molecular formula is C20H25N3OS. The highest BCUT2D eigenvalue weighted by atomic mass is 32.1. The number of urea groups is 1. The van der Waals surface area contributed by atoms with E-state index in [4.69, 9.17) is 0 Å². The molecule has 1 aromatic carbocycles. The molecule has 0 spiro atoms. The molecule has 132 valence electrons. The SMILES string of the molecule is O=C(NCC1CCN(c2ccccc2)C1)N1CCCC1c1ccsc1. The Balaban J connectivity index is 1.29. The molecule has 0 saturated carbocycles. The first kappa shape index (κ1) is 16.5. The third-order valence-electron chi connectivity index (χ3n) is 5.39. The monoisotopic (exact) mass is 355 g/mol. The van der Waals surface area contributed by atoms with Crippen molar-refractivity contribution in [2.24, 2.45) is 5.92 Å². The lowest BCUT2D eigenvalue weighted by Crippen LogP contribution is -2.41. The van der Waals surface area contributed by atoms with Crippen molar-refractivity contribution in [2.75, 3.05) is 31.1 Å². The smallest absolute Gasteiger partial charge is 0.317 e. The van der Waals surface area contributed by atoms with E-state index in [2.05, 4.69) is 57.4 Å². The molecular weight excluding hydrogens is 330 g/mol. The molecule has 0 bridgehead atoms. The summed E-state index contributed by atoms with van der Waals surface area (Å²) in [7, 11) is 0. The van der Waals surface area contributed by atoms with E-state index in [1.165, 1.54) is 11.3 Å². The van der Waals surface area contributed by atoms with Crippen molar-refractivity contribution in [1.29, 1.82) is 0 Å². The number of benzene rings is 1. The highest BCUT2D eigenvalue weighted by Crippen LogP contribution is 2.33. The van der Waals surface area contributed by atoms with Crippen molar-refractivity contribution < 1.29 is 4.79 Å². The van der Waals surface area contributed by atoms with Crippen molar-refractivity contribution in [1.82, 2.24) is 10.2 Å². The first-order valence-electron chi connectivity index (χ1n) is 9.18. The number of likely N-dealkylation sites (tertiary alicyclic amines) is 1. The van der Waals surface area contributed by atoms with E-state index >= 15 is 0 Å². The largest absolute Gasteiger partial charge is 0.371 e. The molecule has 0 aliphatic carbocycles. The molecule has 5 heteroatoms. The molecule has 2 aliphatic rings. The summed E-state index contributed by atoms with van der Waals surface area (Å²) in [5.41, 5.74) is 2.57. The fourth-order valence-electron chi connectivity index (χ4n) is 4.03. The van der Waals surface area contributed by atoms with Crippen molar-refractivity contribution in [3.8, 4) is 0 Å². The molecule has 3 heterocycles. The molecule has 2 aliphatic heterocycles. The van der Waals surface area contributed by atoms with Gasteiger partial charge in [-0.3, -0.25) is 0 Å². The number of carbonyl (C=O) groups excluding carboxylic acids is 1. The van der Waals surface area contributed by atoms with E-state index in [9.17, 15) is 4.79 Å². The van der Waals surface area contributed by atoms with Crippen LogP contribution in [0.1, 0.15) is 30.9 Å². The van der Waals surface area contributed by atoms with Crippen LogP contribution in [0.25, 0.3) is 0 Å². The first-order valence-corrected chi connectivity index (χ1v) is 10.1. The number of hydrogen-bond acceptors (Lipinski definition) is 3. The van der Waals surface area contributed by atoms with Gasteiger partial charge in [-0.05, 0) is 59.7 Å². The Labute approximate surface area is 153 Å². The molecule has 2 saturated heterocycles. The van der Waals surface area contributed by atoms with Crippen molar-refractivity contribution in [3.63, 3.8) is 0 Å². The molecule has 4 rings (SSSR count). The lowest BCUT2D eigenvalue weighted by molar-refractivity contribution is 0.191. The minimum atomic E-state index is 0.104. The van der Waals surface area contributed by atoms with Gasteiger partial charge in [-0.2, -0.15) is 11.3 Å². The molecule has 2 amide bonds. The number of amides is 2. The molecule has 0 radical (unpaired) electrons. The van der Waals surface area contributed by atoms with Crippen LogP contribution in [0.2, 0.25) is 0 Å². The fourth-order valence-corrected chi connectivity index (χ4v) is 4.73. The number of carbonyl (C=O) groups is 1. The molecule has 2 aromatic rings. The highest BCUT2D eigenvalue weighted by molar-refractivity contribution is 7.07. The van der Waals surface area contributed by atoms with Crippen LogP contribution in [0.15, 0.2) is 47.2 Å². The quantitative estimate of drug-likeness (QED) is 0.895. The Morgan fingerprint density at radius 2 is 2.04 bits per heavy atom. The van der Waals surface area contributed by atoms with Crippen LogP contribution in [0.3, 0.4) is 0 Å². The van der Waals surface area contributed by atoms with Gasteiger partial charge in [0.25, 0.3) is 0 Å². The Morgan fingerprint density at radius 1 is 1.16 bits per heavy atom. The third-order valence-corrected chi connectivity index (χ3v) is 6.09. The molecule has 4 nitrogen and oxygen atoms in total. The zero-order valence-electron chi connectivity index (χ0n) is 14.4. The van der Waals surface area contributed by atoms with Crippen LogP contribution in [-0.2, 0) is 0 Å². The second kappa shape index (κ2) is 7.48. The van der Waals surface area contributed by atoms with Crippen LogP contribution in [0.4, 0.5) is 10.5 Å². The average Bonchev–Trinajstić information content (AvgIpc) is 3.41. The Morgan fingerprint density at radius 3 is 2.84 bits per heavy atom. The topological polar surface area (TPSA) is 35.6 Å². The van der Waals surface area contributed by atoms with E-state index in [1.807, 2.05) is 4.90 Å². The van der Waals surface area contributed by atoms with E-state index in [0.29, 0.717) is 5.92 Å². The second-order valence-corrected chi connectivity index (χ2v) is 7.81. The summed E-state index contributed by atoms with van der Waals surface area (Å²) >= 11 is 1.71. The number of thiophene rings is 1. The van der Waals surface area contributed by atoms with Gasteiger partial charge in [0.2, 0.25) is 0 Å². The summed E-state index contributed by atoms with van der Waals surface area (Å²) in [6.07, 6.45) is 3.32. The zero-order valence-corrected chi connectivity index (χ0v) is 15.3. The van der Waals surface area contributed by atoms with Gasteiger partial charge in [-0.1, -0.05) is 18.2 Å². The van der Waals surface area contributed by atoms with Crippen LogP contribution in [0, 0.1) is 5.92 Å². The standard InChI is InChI=1S/C20H25N3OS/c24-20(23-10-4-7-19(23)17-9-12-25-15-17)21-13-16-8-11-22(14-16)18-5-2-1-3-6-18/h1-3,5-6,9,12,15-16,19H,4,7-8,10-11,13-14H2,(H,21,24). The van der Waals surface area contributed by atoms with E-state index < -0.39 is 0 Å². The predicted molar refractivity (Wildman–Crippen MR) is 103 cm³/mol. The Bertz CT molecular complexity index is 688. The molecule has 1 N–H and O–H groups in total. The lowest BCUT2D eigenvalue weighted by atomic mass is 10.1. The van der Waals surface area contributed by atoms with Crippen molar-refractivity contribution in [3.05, 3.63) is 52.7 Å². The Kier molecular flexibility index (Phi) is 4.92. The molecule has 2 atom stereocenters. The number of nitrogens with zero attached hydrogens (tertiary/aromatic N) is 2. The van der Waals surface area contributed by atoms with Gasteiger partial charge in [0.05, 0.1) is 6.04 Å². The highest BCUT2D eigenvalue weighted by Gasteiger charge is 2.31. The third kappa shape index (κ3) is 3.66. The number of hydrogen-bond donors (Lipinski definition) is 1. The van der Waals surface area contributed by atoms with Crippen molar-refractivity contribution >= 4 is 23.1 Å². The lowest BCUT2D eigenvalue weighted by Gasteiger charge is -2.25. The summed E-state index contributed by atoms with van der Waals surface area (Å²) in [6.45, 7) is 3.74. The molecule has 1 aromatic heterocycles. The van der Waals surface area contributed by atoms with Crippen LogP contribution in [-0.4, -0.2) is 37.1 Å². The molecule has 25 heavy (non-hydrogen) atoms. The van der Waals surface area contributed by atoms with Crippen LogP contribution in [0.5, 0.6) is 0 Å². The summed E-state index contributed by atoms with van der Waals surface area (Å²) in [5, 5.41) is 7.46. The summed E-state index contributed by atoms with van der Waals surface area (Å²) in [5.74, 6) is 0.534. The maximum absolute atomic E-state index is 12.7. The van der Waals surface area contributed by atoms with Gasteiger partial charge in [0.15, 0.2) is 0 Å². The number of rotatable bonds is 4. The van der Waals surface area contributed by atoms with Crippen molar-refractivity contribution in [2.45, 2.75) is 25.3 Å². The predicted octanol–water partition coefficient (Wildman–Crippen LogP) is 4.12. The minimum absolute atomic E-state index is 0.104. The van der Waals surface area contributed by atoms with E-state index in [-0.39, 0.29) is 12.1 Å². The number of anilines is 1. The minimum Gasteiger partial charge on any atom is -0.371 e. The summed E-state index contributed by atoms with van der Waals surface area (Å²) in [6, 6.07) is 13.1. The Hall–Kier alpha value is -2.01. The summed E-state index contributed by atoms with van der Waals surface area (Å²) < 4.78 is 0. The average molecular weight is 356 g/mol. The summed E-state index contributed by atoms with van der Waals surface area (Å²) in [4.78, 5) is 17.1. The molecule has 2 unspecified atom stereocenters.